The van der Waals surface area contributed by atoms with Gasteiger partial charge in [-0.25, -0.2) is 0 Å². The molecule has 0 aliphatic heterocycles. The summed E-state index contributed by atoms with van der Waals surface area (Å²) in [7, 11) is 0. The van der Waals surface area contributed by atoms with E-state index in [9.17, 15) is 31.6 Å². The Bertz CT molecular complexity index is 2250. The van der Waals surface area contributed by atoms with Crippen molar-refractivity contribution in [1.82, 2.24) is 0 Å². The molecule has 0 spiro atoms. The molecule has 0 heterocycles. The van der Waals surface area contributed by atoms with Gasteiger partial charge in [-0.1, -0.05) is 0 Å². The van der Waals surface area contributed by atoms with Crippen molar-refractivity contribution in [3.63, 3.8) is 0 Å². The smallest absolute Gasteiger partial charge is 0.119 e. The molecule has 0 saturated carbocycles. The van der Waals surface area contributed by atoms with Crippen LogP contribution in [-0.4, -0.2) is 52.9 Å². The molecule has 0 aliphatic rings. The van der Waals surface area contributed by atoms with Crippen molar-refractivity contribution in [2.24, 2.45) is 10.8 Å². The Morgan fingerprint density at radius 3 is 0.538 bits per heavy atom. The van der Waals surface area contributed by atoms with Crippen LogP contribution in [0.5, 0.6) is 34.5 Å². The Hall–Kier alpha value is -8.98. The van der Waals surface area contributed by atoms with Crippen LogP contribution in [0.15, 0.2) is 146 Å². The van der Waals surface area contributed by atoms with E-state index in [0.717, 1.165) is 0 Å². The quantitative estimate of drug-likeness (QED) is 0.0627. The molecule has 0 atom stereocenters. The maximum absolute atomic E-state index is 9.41. The molecule has 320 valence electrons. The van der Waals surface area contributed by atoms with Crippen LogP contribution in [0.3, 0.4) is 0 Å². The maximum Gasteiger partial charge on any atom is 0.119 e. The van der Waals surface area contributed by atoms with Crippen LogP contribution in [0.1, 0.15) is 33.4 Å². The Morgan fingerprint density at radius 2 is 0.400 bits per heavy atom. The van der Waals surface area contributed by atoms with E-state index in [4.69, 9.17) is 33.2 Å². The number of hydrogen-bond donors (Lipinski definition) is 0. The van der Waals surface area contributed by atoms with Gasteiger partial charge in [-0.05, 0) is 146 Å². The number of ether oxygens (including phenoxy) is 7. The van der Waals surface area contributed by atoms with Crippen LogP contribution in [0, 0.1) is 78.8 Å². The molecular weight excluding hydrogens is 821 g/mol. The zero-order chi connectivity index (χ0) is 45.7. The number of nitrogens with zero attached hydrogens (tertiary/aromatic N) is 6. The summed E-state index contributed by atoms with van der Waals surface area (Å²) in [6, 6.07) is 52.8. The summed E-state index contributed by atoms with van der Waals surface area (Å²) >= 11 is 0. The van der Waals surface area contributed by atoms with Gasteiger partial charge in [-0.2, -0.15) is 31.6 Å². The Balaban J connectivity index is 1.35. The standard InChI is InChI=1S/C52H40N6O7/c53-25-39-1-13-45(14-2-39)60-33-51(34-61-46-15-3-40(26-54)4-16-46,35-62-47-17-5-41(27-55)6-18-47)31-59-32-52(36-63-48-19-7-42(28-56)8-20-48,37-64-49-21-9-43(29-57)10-22-49)38-65-50-23-11-44(30-58)12-24-50/h1-24H,31-38H2. The summed E-state index contributed by atoms with van der Waals surface area (Å²) in [5, 5.41) is 56.4. The minimum Gasteiger partial charge on any atom is -0.493 e. The predicted octanol–water partition coefficient (Wildman–Crippen LogP) is 8.68. The zero-order valence-corrected chi connectivity index (χ0v) is 35.1. The van der Waals surface area contributed by atoms with Gasteiger partial charge in [-0.3, -0.25) is 0 Å². The molecule has 0 aromatic heterocycles. The van der Waals surface area contributed by atoms with Crippen LogP contribution in [0.4, 0.5) is 0 Å². The Labute approximate surface area is 377 Å². The first-order valence-electron chi connectivity index (χ1n) is 20.1. The SMILES string of the molecule is N#Cc1ccc(OCC(COCC(COc2ccc(C#N)cc2)(COc2ccc(C#N)cc2)COc2ccc(C#N)cc2)(COc2ccc(C#N)cc2)COc2ccc(C#N)cc2)cc1. The Kier molecular flexibility index (Phi) is 15.9. The molecule has 0 fully saturated rings. The summed E-state index contributed by atoms with van der Waals surface area (Å²) in [5.74, 6) is 2.93. The van der Waals surface area contributed by atoms with Crippen molar-refractivity contribution >= 4 is 0 Å². The molecule has 0 aliphatic carbocycles. The molecule has 0 radical (unpaired) electrons. The molecule has 0 bridgehead atoms. The van der Waals surface area contributed by atoms with E-state index in [1.54, 1.807) is 146 Å². The highest BCUT2D eigenvalue weighted by Gasteiger charge is 2.39. The third-order valence-corrected chi connectivity index (χ3v) is 9.99. The zero-order valence-electron chi connectivity index (χ0n) is 35.1. The first kappa shape index (κ1) is 45.5. The monoisotopic (exact) mass is 860 g/mol. The highest BCUT2D eigenvalue weighted by molar-refractivity contribution is 5.39. The van der Waals surface area contributed by atoms with Crippen molar-refractivity contribution in [3.8, 4) is 70.9 Å². The summed E-state index contributed by atoms with van der Waals surface area (Å²) in [4.78, 5) is 0. The fourth-order valence-corrected chi connectivity index (χ4v) is 6.16. The van der Waals surface area contributed by atoms with Crippen LogP contribution in [0.25, 0.3) is 0 Å². The van der Waals surface area contributed by atoms with E-state index in [2.05, 4.69) is 36.4 Å². The second-order valence-corrected chi connectivity index (χ2v) is 15.0. The van der Waals surface area contributed by atoms with E-state index in [0.29, 0.717) is 67.9 Å². The van der Waals surface area contributed by atoms with E-state index in [1.807, 2.05) is 0 Å². The van der Waals surface area contributed by atoms with Crippen molar-refractivity contribution in [3.05, 3.63) is 179 Å². The van der Waals surface area contributed by atoms with Crippen LogP contribution in [0.2, 0.25) is 0 Å². The maximum atomic E-state index is 9.41. The highest BCUT2D eigenvalue weighted by Crippen LogP contribution is 2.30. The largest absolute Gasteiger partial charge is 0.493 e. The number of nitriles is 6. The van der Waals surface area contributed by atoms with Crippen molar-refractivity contribution in [1.29, 1.82) is 31.6 Å². The van der Waals surface area contributed by atoms with Crippen LogP contribution in [-0.2, 0) is 4.74 Å². The normalized spacial score (nSPS) is 10.6. The highest BCUT2D eigenvalue weighted by atomic mass is 16.5. The summed E-state index contributed by atoms with van der Waals surface area (Å²) in [6.07, 6.45) is 0. The van der Waals surface area contributed by atoms with Gasteiger partial charge >= 0.3 is 0 Å². The lowest BCUT2D eigenvalue weighted by Gasteiger charge is -2.36. The lowest BCUT2D eigenvalue weighted by Crippen LogP contribution is -2.48. The van der Waals surface area contributed by atoms with Gasteiger partial charge in [0, 0.05) is 0 Å². The summed E-state index contributed by atoms with van der Waals surface area (Å²) < 4.78 is 45.2. The molecule has 13 heteroatoms. The molecule has 6 rings (SSSR count). The second kappa shape index (κ2) is 22.7. The Morgan fingerprint density at radius 1 is 0.246 bits per heavy atom. The van der Waals surface area contributed by atoms with Gasteiger partial charge in [0.2, 0.25) is 0 Å². The number of hydrogen-bond acceptors (Lipinski definition) is 13. The molecule has 0 amide bonds. The third-order valence-electron chi connectivity index (χ3n) is 9.99. The van der Waals surface area contributed by atoms with Crippen molar-refractivity contribution in [2.75, 3.05) is 52.9 Å². The second-order valence-electron chi connectivity index (χ2n) is 15.0. The van der Waals surface area contributed by atoms with Gasteiger partial charge in [-0.15, -0.1) is 0 Å². The topological polar surface area (TPSA) is 207 Å². The first-order valence-corrected chi connectivity index (χ1v) is 20.1. The van der Waals surface area contributed by atoms with E-state index in [-0.39, 0.29) is 52.9 Å². The fraction of sp³-hybridized carbons (Fsp3) is 0.192. The van der Waals surface area contributed by atoms with Gasteiger partial charge in [0.15, 0.2) is 0 Å². The van der Waals surface area contributed by atoms with Crippen molar-refractivity contribution in [2.45, 2.75) is 0 Å². The molecule has 6 aromatic carbocycles. The van der Waals surface area contributed by atoms with E-state index >= 15 is 0 Å². The molecular formula is C52H40N6O7. The van der Waals surface area contributed by atoms with Crippen molar-refractivity contribution < 1.29 is 33.2 Å². The number of benzene rings is 6. The number of rotatable bonds is 22. The minimum absolute atomic E-state index is 0.00365. The average molecular weight is 861 g/mol. The third kappa shape index (κ3) is 13.5. The lowest BCUT2D eigenvalue weighted by atomic mass is 9.90. The molecule has 0 N–H and O–H groups in total. The predicted molar refractivity (Wildman–Crippen MR) is 236 cm³/mol. The lowest BCUT2D eigenvalue weighted by molar-refractivity contribution is -0.0870. The summed E-state index contributed by atoms with van der Waals surface area (Å²) in [6.45, 7) is -0.0293. The molecule has 13 nitrogen and oxygen atoms in total. The van der Waals surface area contributed by atoms with E-state index in [1.165, 1.54) is 0 Å². The van der Waals surface area contributed by atoms with E-state index < -0.39 is 10.8 Å². The average Bonchev–Trinajstić information content (AvgIpc) is 3.37. The minimum atomic E-state index is -1.06. The van der Waals surface area contributed by atoms with Gasteiger partial charge < -0.3 is 33.2 Å². The van der Waals surface area contributed by atoms with Gasteiger partial charge in [0.25, 0.3) is 0 Å². The first-order chi connectivity index (χ1) is 31.8. The summed E-state index contributed by atoms with van der Waals surface area (Å²) in [5.41, 5.74) is 0.668. The molecule has 0 saturated heterocycles. The van der Waals surface area contributed by atoms with Crippen LogP contribution < -0.4 is 28.4 Å². The molecule has 6 aromatic rings. The fourth-order valence-electron chi connectivity index (χ4n) is 6.16. The van der Waals surface area contributed by atoms with Crippen LogP contribution >= 0.6 is 0 Å². The van der Waals surface area contributed by atoms with Gasteiger partial charge in [0.05, 0.1) is 93.8 Å². The molecule has 0 unspecified atom stereocenters. The van der Waals surface area contributed by atoms with Gasteiger partial charge in [0.1, 0.15) is 74.1 Å². The molecule has 65 heavy (non-hydrogen) atoms.